The van der Waals surface area contributed by atoms with Crippen molar-refractivity contribution in [3.8, 4) is 0 Å². The van der Waals surface area contributed by atoms with Gasteiger partial charge < -0.3 is 4.74 Å². The quantitative estimate of drug-likeness (QED) is 0.829. The summed E-state index contributed by atoms with van der Waals surface area (Å²) in [5, 5.41) is 0.877. The van der Waals surface area contributed by atoms with E-state index in [1.807, 2.05) is 12.1 Å². The highest BCUT2D eigenvalue weighted by atomic mass is 19.1. The van der Waals surface area contributed by atoms with Crippen LogP contribution in [0.2, 0.25) is 0 Å². The van der Waals surface area contributed by atoms with E-state index in [2.05, 4.69) is 20.9 Å². The standard InChI is InChI=1S/C22H28FN3O/c23-21-3-1-2-17-5-6-18(24-22(17)21)14-25-12-16-4-7-20(25)15-26(13-16)19-8-10-27-11-9-19/h1-3,5-6,16,19-20H,4,7-15H2/t16-,20-/m1/s1. The molecule has 5 heteroatoms. The zero-order chi connectivity index (χ0) is 18.2. The molecular weight excluding hydrogens is 341 g/mol. The Bertz CT molecular complexity index is 807. The maximum Gasteiger partial charge on any atom is 0.149 e. The van der Waals surface area contributed by atoms with Gasteiger partial charge in [0.15, 0.2) is 0 Å². The maximum atomic E-state index is 14.1. The lowest BCUT2D eigenvalue weighted by Crippen LogP contribution is -2.45. The van der Waals surface area contributed by atoms with Gasteiger partial charge in [0.1, 0.15) is 11.3 Å². The summed E-state index contributed by atoms with van der Waals surface area (Å²) >= 11 is 0. The second kappa shape index (κ2) is 7.46. The van der Waals surface area contributed by atoms with Crippen molar-refractivity contribution in [1.82, 2.24) is 14.8 Å². The third-order valence-electron chi connectivity index (χ3n) is 6.66. The summed E-state index contributed by atoms with van der Waals surface area (Å²) in [4.78, 5) is 9.98. The topological polar surface area (TPSA) is 28.6 Å². The lowest BCUT2D eigenvalue weighted by atomic mass is 9.95. The molecule has 0 aliphatic carbocycles. The Morgan fingerprint density at radius 3 is 2.74 bits per heavy atom. The summed E-state index contributed by atoms with van der Waals surface area (Å²) in [6.07, 6.45) is 4.95. The molecule has 0 unspecified atom stereocenters. The third kappa shape index (κ3) is 3.60. The van der Waals surface area contributed by atoms with Crippen molar-refractivity contribution >= 4 is 10.9 Å². The van der Waals surface area contributed by atoms with Crippen LogP contribution in [0.15, 0.2) is 30.3 Å². The van der Waals surface area contributed by atoms with Crippen LogP contribution in [-0.4, -0.2) is 59.7 Å². The van der Waals surface area contributed by atoms with E-state index in [0.29, 0.717) is 17.6 Å². The maximum absolute atomic E-state index is 14.1. The van der Waals surface area contributed by atoms with Crippen LogP contribution in [-0.2, 0) is 11.3 Å². The molecule has 4 aliphatic heterocycles. The monoisotopic (exact) mass is 369 g/mol. The van der Waals surface area contributed by atoms with Crippen LogP contribution in [0.5, 0.6) is 0 Å². The Kier molecular flexibility index (Phi) is 4.84. The van der Waals surface area contributed by atoms with Gasteiger partial charge in [0.25, 0.3) is 0 Å². The van der Waals surface area contributed by atoms with E-state index in [-0.39, 0.29) is 5.82 Å². The van der Waals surface area contributed by atoms with Crippen LogP contribution in [0.25, 0.3) is 10.9 Å². The molecule has 0 saturated carbocycles. The van der Waals surface area contributed by atoms with Crippen LogP contribution in [0.1, 0.15) is 31.4 Å². The molecule has 4 saturated heterocycles. The molecular formula is C22H28FN3O. The first-order chi connectivity index (χ1) is 13.3. The van der Waals surface area contributed by atoms with Gasteiger partial charge in [0, 0.05) is 56.9 Å². The van der Waals surface area contributed by atoms with Crippen LogP contribution in [0.4, 0.5) is 4.39 Å². The smallest absolute Gasteiger partial charge is 0.149 e. The number of ether oxygens (including phenoxy) is 1. The van der Waals surface area contributed by atoms with Crippen molar-refractivity contribution < 1.29 is 9.13 Å². The number of halogens is 1. The summed E-state index contributed by atoms with van der Waals surface area (Å²) < 4.78 is 19.7. The van der Waals surface area contributed by atoms with Crippen LogP contribution in [0.3, 0.4) is 0 Å². The molecule has 144 valence electrons. The molecule has 2 aromatic rings. The molecule has 4 fully saturated rings. The van der Waals surface area contributed by atoms with Gasteiger partial charge in [0.05, 0.1) is 5.69 Å². The zero-order valence-electron chi connectivity index (χ0n) is 15.8. The van der Waals surface area contributed by atoms with Gasteiger partial charge in [-0.25, -0.2) is 9.37 Å². The molecule has 6 rings (SSSR count). The van der Waals surface area contributed by atoms with Crippen molar-refractivity contribution in [2.24, 2.45) is 5.92 Å². The Labute approximate surface area is 160 Å². The molecule has 5 heterocycles. The lowest BCUT2D eigenvalue weighted by Gasteiger charge is -2.36. The summed E-state index contributed by atoms with van der Waals surface area (Å²) in [7, 11) is 0. The minimum atomic E-state index is -0.225. The Morgan fingerprint density at radius 2 is 1.85 bits per heavy atom. The zero-order valence-corrected chi connectivity index (χ0v) is 15.8. The number of nitrogens with zero attached hydrogens (tertiary/aromatic N) is 3. The molecule has 1 aromatic heterocycles. The number of rotatable bonds is 3. The number of hydrogen-bond acceptors (Lipinski definition) is 4. The Hall–Kier alpha value is -1.56. The first-order valence-electron chi connectivity index (χ1n) is 10.4. The highest BCUT2D eigenvalue weighted by Crippen LogP contribution is 2.31. The van der Waals surface area contributed by atoms with E-state index in [1.165, 1.54) is 38.3 Å². The molecule has 0 radical (unpaired) electrons. The normalized spacial score (nSPS) is 27.9. The SMILES string of the molecule is Fc1cccc2ccc(CN3C[C@H]4CC[C@@H]3CN(C3CCOCC3)C4)nc12. The first kappa shape index (κ1) is 17.5. The van der Waals surface area contributed by atoms with Crippen molar-refractivity contribution in [3.63, 3.8) is 0 Å². The lowest BCUT2D eigenvalue weighted by molar-refractivity contribution is 0.0307. The summed E-state index contributed by atoms with van der Waals surface area (Å²) in [6, 6.07) is 10.5. The van der Waals surface area contributed by atoms with E-state index >= 15 is 0 Å². The second-order valence-electron chi connectivity index (χ2n) is 8.44. The Morgan fingerprint density at radius 1 is 0.963 bits per heavy atom. The highest BCUT2D eigenvalue weighted by Gasteiger charge is 2.37. The predicted octanol–water partition coefficient (Wildman–Crippen LogP) is 3.45. The van der Waals surface area contributed by atoms with Gasteiger partial charge in [-0.05, 0) is 43.7 Å². The second-order valence-corrected chi connectivity index (χ2v) is 8.44. The summed E-state index contributed by atoms with van der Waals surface area (Å²) in [6.45, 7) is 6.16. The molecule has 2 bridgehead atoms. The molecule has 1 aromatic carbocycles. The fourth-order valence-electron chi connectivity index (χ4n) is 5.20. The van der Waals surface area contributed by atoms with E-state index in [0.717, 1.165) is 49.8 Å². The van der Waals surface area contributed by atoms with E-state index in [9.17, 15) is 4.39 Å². The van der Waals surface area contributed by atoms with Crippen LogP contribution in [0, 0.1) is 11.7 Å². The molecule has 4 nitrogen and oxygen atoms in total. The number of hydrogen-bond donors (Lipinski definition) is 0. The van der Waals surface area contributed by atoms with Gasteiger partial charge >= 0.3 is 0 Å². The molecule has 0 N–H and O–H groups in total. The van der Waals surface area contributed by atoms with Crippen LogP contribution < -0.4 is 0 Å². The van der Waals surface area contributed by atoms with E-state index < -0.39 is 0 Å². The molecule has 0 amide bonds. The molecule has 2 atom stereocenters. The van der Waals surface area contributed by atoms with Gasteiger partial charge in [-0.1, -0.05) is 18.2 Å². The minimum absolute atomic E-state index is 0.225. The fourth-order valence-corrected chi connectivity index (χ4v) is 5.20. The van der Waals surface area contributed by atoms with E-state index in [4.69, 9.17) is 4.74 Å². The average molecular weight is 369 g/mol. The molecule has 0 spiro atoms. The highest BCUT2D eigenvalue weighted by molar-refractivity contribution is 5.79. The van der Waals surface area contributed by atoms with Crippen molar-refractivity contribution in [2.45, 2.75) is 44.3 Å². The molecule has 27 heavy (non-hydrogen) atoms. The van der Waals surface area contributed by atoms with Crippen molar-refractivity contribution in [2.75, 3.05) is 32.8 Å². The van der Waals surface area contributed by atoms with Crippen LogP contribution >= 0.6 is 0 Å². The fraction of sp³-hybridized carbons (Fsp3) is 0.591. The summed E-state index contributed by atoms with van der Waals surface area (Å²) in [5.41, 5.74) is 1.48. The number of benzene rings is 1. The third-order valence-corrected chi connectivity index (χ3v) is 6.66. The Balaban J connectivity index is 1.33. The first-order valence-corrected chi connectivity index (χ1v) is 10.4. The largest absolute Gasteiger partial charge is 0.381 e. The number of piperidine rings is 1. The van der Waals surface area contributed by atoms with E-state index in [1.54, 1.807) is 6.07 Å². The van der Waals surface area contributed by atoms with Gasteiger partial charge in [-0.3, -0.25) is 9.80 Å². The predicted molar refractivity (Wildman–Crippen MR) is 104 cm³/mol. The average Bonchev–Trinajstić information content (AvgIpc) is 3.01. The number of fused-ring (bicyclic) bond motifs is 5. The minimum Gasteiger partial charge on any atom is -0.381 e. The van der Waals surface area contributed by atoms with Gasteiger partial charge in [-0.2, -0.15) is 0 Å². The number of para-hydroxylation sites is 1. The van der Waals surface area contributed by atoms with Crippen molar-refractivity contribution in [3.05, 3.63) is 41.8 Å². The number of aromatic nitrogens is 1. The van der Waals surface area contributed by atoms with Gasteiger partial charge in [-0.15, -0.1) is 0 Å². The van der Waals surface area contributed by atoms with Crippen molar-refractivity contribution in [1.29, 1.82) is 0 Å². The summed E-state index contributed by atoms with van der Waals surface area (Å²) in [5.74, 6) is 0.515. The van der Waals surface area contributed by atoms with Gasteiger partial charge in [0.2, 0.25) is 0 Å². The molecule has 4 aliphatic rings. The number of pyridine rings is 1.